The standard InChI is InChI=1S/C17H19ClN6O2/c1-22-10-14(16(25)23(2)17(22)26)24-5-3-12(4-6-24)21-15-13(18)7-11(8-19)9-20-15/h7,9-10,12H,3-6H2,1-2H3,(H,20,21). The van der Waals surface area contributed by atoms with E-state index in [0.29, 0.717) is 35.2 Å². The highest BCUT2D eigenvalue weighted by Crippen LogP contribution is 2.24. The predicted octanol–water partition coefficient (Wildman–Crippen LogP) is 1.08. The maximum absolute atomic E-state index is 12.4. The second-order valence-electron chi connectivity index (χ2n) is 6.34. The van der Waals surface area contributed by atoms with Crippen molar-refractivity contribution in [2.24, 2.45) is 14.1 Å². The summed E-state index contributed by atoms with van der Waals surface area (Å²) in [4.78, 5) is 30.4. The lowest BCUT2D eigenvalue weighted by molar-refractivity contribution is 0.520. The zero-order valence-electron chi connectivity index (χ0n) is 14.6. The van der Waals surface area contributed by atoms with Crippen LogP contribution in [-0.4, -0.2) is 33.2 Å². The molecule has 2 aromatic rings. The molecule has 0 bridgehead atoms. The van der Waals surface area contributed by atoms with Gasteiger partial charge in [0.15, 0.2) is 0 Å². The number of rotatable bonds is 3. The quantitative estimate of drug-likeness (QED) is 0.863. The minimum atomic E-state index is -0.336. The summed E-state index contributed by atoms with van der Waals surface area (Å²) in [6.07, 6.45) is 4.67. The Labute approximate surface area is 155 Å². The van der Waals surface area contributed by atoms with Gasteiger partial charge in [-0.15, -0.1) is 0 Å². The average Bonchev–Trinajstić information content (AvgIpc) is 2.65. The van der Waals surface area contributed by atoms with Crippen LogP contribution in [0.2, 0.25) is 5.02 Å². The molecule has 0 amide bonds. The Morgan fingerprint density at radius 3 is 2.62 bits per heavy atom. The molecule has 1 aliphatic heterocycles. The molecule has 3 heterocycles. The lowest BCUT2D eigenvalue weighted by atomic mass is 10.0. The maximum atomic E-state index is 12.4. The van der Waals surface area contributed by atoms with Crippen molar-refractivity contribution in [1.29, 1.82) is 5.26 Å². The third-order valence-electron chi connectivity index (χ3n) is 4.58. The van der Waals surface area contributed by atoms with Gasteiger partial charge < -0.3 is 14.8 Å². The molecular weight excluding hydrogens is 356 g/mol. The van der Waals surface area contributed by atoms with E-state index < -0.39 is 0 Å². The molecule has 8 nitrogen and oxygen atoms in total. The molecule has 0 saturated carbocycles. The van der Waals surface area contributed by atoms with Gasteiger partial charge in [0, 0.05) is 45.6 Å². The minimum absolute atomic E-state index is 0.167. The number of hydrogen-bond acceptors (Lipinski definition) is 6. The first-order chi connectivity index (χ1) is 12.4. The Kier molecular flexibility index (Phi) is 5.00. The third-order valence-corrected chi connectivity index (χ3v) is 4.86. The largest absolute Gasteiger partial charge is 0.366 e. The van der Waals surface area contributed by atoms with Crippen molar-refractivity contribution in [2.45, 2.75) is 18.9 Å². The van der Waals surface area contributed by atoms with Crippen molar-refractivity contribution >= 4 is 23.1 Å². The van der Waals surface area contributed by atoms with E-state index in [9.17, 15) is 9.59 Å². The van der Waals surface area contributed by atoms with Crippen molar-refractivity contribution in [2.75, 3.05) is 23.3 Å². The van der Waals surface area contributed by atoms with Crippen LogP contribution in [0.4, 0.5) is 11.5 Å². The summed E-state index contributed by atoms with van der Waals surface area (Å²) < 4.78 is 2.54. The number of aromatic nitrogens is 3. The van der Waals surface area contributed by atoms with E-state index in [4.69, 9.17) is 16.9 Å². The van der Waals surface area contributed by atoms with E-state index in [0.717, 1.165) is 17.4 Å². The van der Waals surface area contributed by atoms with Crippen molar-refractivity contribution in [3.63, 3.8) is 0 Å². The van der Waals surface area contributed by atoms with E-state index in [1.165, 1.54) is 17.8 Å². The van der Waals surface area contributed by atoms with Crippen LogP contribution in [0.3, 0.4) is 0 Å². The minimum Gasteiger partial charge on any atom is -0.366 e. The van der Waals surface area contributed by atoms with Crippen LogP contribution in [0.25, 0.3) is 0 Å². The summed E-state index contributed by atoms with van der Waals surface area (Å²) >= 11 is 6.16. The van der Waals surface area contributed by atoms with Crippen LogP contribution < -0.4 is 21.5 Å². The number of halogens is 1. The molecule has 0 aromatic carbocycles. The zero-order valence-corrected chi connectivity index (χ0v) is 15.3. The van der Waals surface area contributed by atoms with Crippen LogP contribution in [0.15, 0.2) is 28.0 Å². The highest BCUT2D eigenvalue weighted by Gasteiger charge is 2.23. The van der Waals surface area contributed by atoms with E-state index in [-0.39, 0.29) is 17.3 Å². The van der Waals surface area contributed by atoms with Crippen molar-refractivity contribution in [1.82, 2.24) is 14.1 Å². The van der Waals surface area contributed by atoms with E-state index in [1.807, 2.05) is 11.0 Å². The Hall–Kier alpha value is -2.79. The smallest absolute Gasteiger partial charge is 0.330 e. The molecule has 1 saturated heterocycles. The summed E-state index contributed by atoms with van der Waals surface area (Å²) in [5.41, 5.74) is 0.330. The second kappa shape index (κ2) is 7.22. The number of aryl methyl sites for hydroxylation is 1. The molecule has 1 aliphatic rings. The molecule has 26 heavy (non-hydrogen) atoms. The second-order valence-corrected chi connectivity index (χ2v) is 6.75. The van der Waals surface area contributed by atoms with Gasteiger partial charge in [-0.25, -0.2) is 9.78 Å². The monoisotopic (exact) mass is 374 g/mol. The molecule has 0 spiro atoms. The Morgan fingerprint density at radius 2 is 2.00 bits per heavy atom. The van der Waals surface area contributed by atoms with Gasteiger partial charge in [0.2, 0.25) is 0 Å². The number of nitrogens with zero attached hydrogens (tertiary/aromatic N) is 5. The molecule has 1 fully saturated rings. The molecule has 3 rings (SSSR count). The van der Waals surface area contributed by atoms with Crippen molar-refractivity contribution in [3.05, 3.63) is 49.9 Å². The van der Waals surface area contributed by atoms with Crippen LogP contribution in [0.5, 0.6) is 0 Å². The summed E-state index contributed by atoms with van der Waals surface area (Å²) in [7, 11) is 3.12. The SMILES string of the molecule is Cn1cc(N2CCC(Nc3ncc(C#N)cc3Cl)CC2)c(=O)n(C)c1=O. The highest BCUT2D eigenvalue weighted by molar-refractivity contribution is 6.33. The van der Waals surface area contributed by atoms with E-state index in [2.05, 4.69) is 10.3 Å². The van der Waals surface area contributed by atoms with E-state index in [1.54, 1.807) is 19.3 Å². The van der Waals surface area contributed by atoms with Crippen molar-refractivity contribution in [3.8, 4) is 6.07 Å². The number of pyridine rings is 1. The first-order valence-electron chi connectivity index (χ1n) is 8.24. The molecular formula is C17H19ClN6O2. The fraction of sp³-hybridized carbons (Fsp3) is 0.412. The Bertz CT molecular complexity index is 982. The van der Waals surface area contributed by atoms with Gasteiger partial charge >= 0.3 is 5.69 Å². The molecule has 0 aliphatic carbocycles. The van der Waals surface area contributed by atoms with E-state index >= 15 is 0 Å². The Balaban J connectivity index is 1.70. The van der Waals surface area contributed by atoms with Gasteiger partial charge in [0.25, 0.3) is 5.56 Å². The number of anilines is 2. The van der Waals surface area contributed by atoms with Crippen molar-refractivity contribution < 1.29 is 0 Å². The van der Waals surface area contributed by atoms with Gasteiger partial charge in [0.1, 0.15) is 17.6 Å². The highest BCUT2D eigenvalue weighted by atomic mass is 35.5. The van der Waals surface area contributed by atoms with Crippen LogP contribution >= 0.6 is 11.6 Å². The fourth-order valence-electron chi connectivity index (χ4n) is 3.07. The number of nitrogens with one attached hydrogen (secondary N) is 1. The normalized spacial score (nSPS) is 14.9. The van der Waals surface area contributed by atoms with Gasteiger partial charge in [-0.2, -0.15) is 5.26 Å². The summed E-state index contributed by atoms with van der Waals surface area (Å²) in [5, 5.41) is 12.6. The van der Waals surface area contributed by atoms with Crippen LogP contribution in [0, 0.1) is 11.3 Å². The molecule has 9 heteroatoms. The van der Waals surface area contributed by atoms with Gasteiger partial charge in [-0.1, -0.05) is 11.6 Å². The van der Waals surface area contributed by atoms with Gasteiger partial charge in [0.05, 0.1) is 10.6 Å². The van der Waals surface area contributed by atoms with Gasteiger partial charge in [-0.3, -0.25) is 9.36 Å². The summed E-state index contributed by atoms with van der Waals surface area (Å²) in [5.74, 6) is 0.558. The molecule has 2 aromatic heterocycles. The third kappa shape index (κ3) is 3.44. The van der Waals surface area contributed by atoms with Crippen LogP contribution in [0.1, 0.15) is 18.4 Å². The number of nitriles is 1. The zero-order chi connectivity index (χ0) is 18.8. The number of hydrogen-bond donors (Lipinski definition) is 1. The average molecular weight is 375 g/mol. The molecule has 1 N–H and O–H groups in total. The Morgan fingerprint density at radius 1 is 1.31 bits per heavy atom. The molecule has 0 radical (unpaired) electrons. The predicted molar refractivity (Wildman–Crippen MR) is 99.7 cm³/mol. The number of piperidine rings is 1. The molecule has 0 atom stereocenters. The lowest BCUT2D eigenvalue weighted by Gasteiger charge is -2.34. The summed E-state index contributed by atoms with van der Waals surface area (Å²) in [6, 6.07) is 3.75. The van der Waals surface area contributed by atoms with Gasteiger partial charge in [-0.05, 0) is 18.9 Å². The topological polar surface area (TPSA) is 95.9 Å². The molecule has 0 unspecified atom stereocenters. The van der Waals surface area contributed by atoms with Crippen LogP contribution in [-0.2, 0) is 14.1 Å². The molecule has 136 valence electrons. The first kappa shape index (κ1) is 18.0. The fourth-order valence-corrected chi connectivity index (χ4v) is 3.29. The lowest BCUT2D eigenvalue weighted by Crippen LogP contribution is -2.45. The first-order valence-corrected chi connectivity index (χ1v) is 8.62. The summed E-state index contributed by atoms with van der Waals surface area (Å²) in [6.45, 7) is 1.36. The maximum Gasteiger partial charge on any atom is 0.330 e.